The minimum atomic E-state index is -0.695. The van der Waals surface area contributed by atoms with Crippen LogP contribution in [0.2, 0.25) is 0 Å². The third-order valence-electron chi connectivity index (χ3n) is 5.15. The van der Waals surface area contributed by atoms with Crippen LogP contribution >= 0.6 is 0 Å². The summed E-state index contributed by atoms with van der Waals surface area (Å²) in [4.78, 5) is 30.4. The highest BCUT2D eigenvalue weighted by Gasteiger charge is 2.32. The van der Waals surface area contributed by atoms with Crippen LogP contribution in [0.25, 0.3) is 0 Å². The molecule has 2 atom stereocenters. The zero-order valence-electron chi connectivity index (χ0n) is 16.8. The molecule has 156 valence electrons. The highest BCUT2D eigenvalue weighted by molar-refractivity contribution is 5.49. The second-order valence-electron chi connectivity index (χ2n) is 7.25. The SMILES string of the molecule is CC(NC(c1ccc(F)cc1)c1c(ONc2ccccc2)c(=O)c1=O)c1ccccc1. The Kier molecular flexibility index (Phi) is 5.91. The third kappa shape index (κ3) is 4.39. The van der Waals surface area contributed by atoms with Gasteiger partial charge in [-0.2, -0.15) is 0 Å². The Hall–Kier alpha value is -3.77. The molecule has 0 saturated carbocycles. The first-order valence-electron chi connectivity index (χ1n) is 9.92. The summed E-state index contributed by atoms with van der Waals surface area (Å²) < 4.78 is 13.5. The maximum absolute atomic E-state index is 13.5. The van der Waals surface area contributed by atoms with E-state index in [-0.39, 0.29) is 23.2 Å². The van der Waals surface area contributed by atoms with Gasteiger partial charge in [0.1, 0.15) is 5.82 Å². The van der Waals surface area contributed by atoms with Crippen molar-refractivity contribution in [3.05, 3.63) is 128 Å². The molecule has 0 radical (unpaired) electrons. The topological polar surface area (TPSA) is 67.4 Å². The van der Waals surface area contributed by atoms with E-state index in [1.165, 1.54) is 12.1 Å². The van der Waals surface area contributed by atoms with Crippen LogP contribution in [0.4, 0.5) is 10.1 Å². The lowest BCUT2D eigenvalue weighted by Gasteiger charge is -2.26. The number of rotatable bonds is 8. The molecule has 4 rings (SSSR count). The Morgan fingerprint density at radius 2 is 1.39 bits per heavy atom. The van der Waals surface area contributed by atoms with Crippen molar-refractivity contribution in [1.82, 2.24) is 5.32 Å². The second kappa shape index (κ2) is 8.93. The van der Waals surface area contributed by atoms with Gasteiger partial charge in [-0.3, -0.25) is 14.9 Å². The van der Waals surface area contributed by atoms with Gasteiger partial charge in [0.2, 0.25) is 11.2 Å². The van der Waals surface area contributed by atoms with Crippen molar-refractivity contribution in [1.29, 1.82) is 0 Å². The molecule has 2 N–H and O–H groups in total. The summed E-state index contributed by atoms with van der Waals surface area (Å²) in [5.74, 6) is -0.429. The van der Waals surface area contributed by atoms with Gasteiger partial charge in [-0.15, -0.1) is 0 Å². The number of halogens is 1. The van der Waals surface area contributed by atoms with Gasteiger partial charge in [-0.1, -0.05) is 60.7 Å². The molecule has 0 bridgehead atoms. The molecule has 4 aromatic rings. The zero-order chi connectivity index (χ0) is 21.8. The van der Waals surface area contributed by atoms with E-state index in [4.69, 9.17) is 4.84 Å². The van der Waals surface area contributed by atoms with Crippen LogP contribution in [0.3, 0.4) is 0 Å². The summed E-state index contributed by atoms with van der Waals surface area (Å²) in [5.41, 5.74) is 3.92. The highest BCUT2D eigenvalue weighted by atomic mass is 19.1. The maximum Gasteiger partial charge on any atom is 0.271 e. The number of hydrogen-bond donors (Lipinski definition) is 2. The molecular formula is C25H21FN2O3. The van der Waals surface area contributed by atoms with Crippen molar-refractivity contribution in [2.45, 2.75) is 19.0 Å². The summed E-state index contributed by atoms with van der Waals surface area (Å²) >= 11 is 0. The molecule has 0 saturated heterocycles. The predicted molar refractivity (Wildman–Crippen MR) is 118 cm³/mol. The Balaban J connectivity index is 1.67. The van der Waals surface area contributed by atoms with Crippen molar-refractivity contribution < 1.29 is 9.23 Å². The van der Waals surface area contributed by atoms with Gasteiger partial charge in [0.15, 0.2) is 0 Å². The van der Waals surface area contributed by atoms with Crippen LogP contribution < -0.4 is 26.5 Å². The molecule has 4 aromatic carbocycles. The van der Waals surface area contributed by atoms with Crippen LogP contribution in [0, 0.1) is 5.82 Å². The average molecular weight is 416 g/mol. The van der Waals surface area contributed by atoms with Crippen molar-refractivity contribution >= 4 is 5.69 Å². The Labute approximate surface area is 178 Å². The van der Waals surface area contributed by atoms with Gasteiger partial charge in [-0.25, -0.2) is 9.87 Å². The summed E-state index contributed by atoms with van der Waals surface area (Å²) in [6, 6.07) is 23.8. The molecule has 0 heterocycles. The van der Waals surface area contributed by atoms with E-state index >= 15 is 0 Å². The first-order valence-corrected chi connectivity index (χ1v) is 9.92. The quantitative estimate of drug-likeness (QED) is 0.332. The molecule has 0 aliphatic carbocycles. The van der Waals surface area contributed by atoms with Crippen LogP contribution in [0.5, 0.6) is 5.75 Å². The molecule has 2 unspecified atom stereocenters. The van der Waals surface area contributed by atoms with E-state index in [2.05, 4.69) is 10.8 Å². The minimum absolute atomic E-state index is 0.0454. The van der Waals surface area contributed by atoms with Gasteiger partial charge >= 0.3 is 0 Å². The molecule has 0 aliphatic heterocycles. The summed E-state index contributed by atoms with van der Waals surface area (Å²) in [6.45, 7) is 1.96. The smallest absolute Gasteiger partial charge is 0.271 e. The van der Waals surface area contributed by atoms with Crippen molar-refractivity contribution in [3.8, 4) is 5.75 Å². The average Bonchev–Trinajstić information content (AvgIpc) is 2.82. The molecule has 6 heteroatoms. The summed E-state index contributed by atoms with van der Waals surface area (Å²) in [7, 11) is 0. The molecular weight excluding hydrogens is 395 g/mol. The lowest BCUT2D eigenvalue weighted by Crippen LogP contribution is -2.43. The number of hydrogen-bond acceptors (Lipinski definition) is 5. The highest BCUT2D eigenvalue weighted by Crippen LogP contribution is 2.30. The standard InChI is InChI=1S/C25H21FN2O3/c1-16(17-8-4-2-5-9-17)27-22(18-12-14-19(26)15-13-18)21-23(29)24(30)25(21)31-28-20-10-6-3-7-11-20/h2-16,22,27-28H,1H3. The summed E-state index contributed by atoms with van der Waals surface area (Å²) in [5, 5.41) is 3.39. The maximum atomic E-state index is 13.5. The fourth-order valence-corrected chi connectivity index (χ4v) is 3.46. The van der Waals surface area contributed by atoms with E-state index in [9.17, 15) is 14.0 Å². The minimum Gasteiger partial charge on any atom is -0.377 e. The van der Waals surface area contributed by atoms with Gasteiger partial charge in [0.25, 0.3) is 5.43 Å². The molecule has 5 nitrogen and oxygen atoms in total. The molecule has 0 aliphatic rings. The van der Waals surface area contributed by atoms with Crippen LogP contribution in [0.15, 0.2) is 94.5 Å². The van der Waals surface area contributed by atoms with Crippen LogP contribution in [-0.4, -0.2) is 0 Å². The van der Waals surface area contributed by atoms with Crippen molar-refractivity contribution in [2.24, 2.45) is 0 Å². The molecule has 0 aromatic heterocycles. The van der Waals surface area contributed by atoms with E-state index < -0.39 is 16.9 Å². The van der Waals surface area contributed by atoms with E-state index in [1.54, 1.807) is 24.3 Å². The Bertz CT molecular complexity index is 1220. The van der Waals surface area contributed by atoms with Crippen molar-refractivity contribution in [2.75, 3.05) is 5.48 Å². The number of benzene rings is 3. The zero-order valence-corrected chi connectivity index (χ0v) is 16.8. The molecule has 0 fully saturated rings. The number of para-hydroxylation sites is 1. The van der Waals surface area contributed by atoms with E-state index in [0.717, 1.165) is 5.56 Å². The summed E-state index contributed by atoms with van der Waals surface area (Å²) in [6.07, 6.45) is 0. The second-order valence-corrected chi connectivity index (χ2v) is 7.25. The van der Waals surface area contributed by atoms with Gasteiger partial charge < -0.3 is 4.84 Å². The number of nitrogens with one attached hydrogen (secondary N) is 2. The van der Waals surface area contributed by atoms with Gasteiger partial charge in [0, 0.05) is 6.04 Å². The largest absolute Gasteiger partial charge is 0.377 e. The number of anilines is 1. The third-order valence-corrected chi connectivity index (χ3v) is 5.15. The van der Waals surface area contributed by atoms with E-state index in [1.807, 2.05) is 55.5 Å². The fourth-order valence-electron chi connectivity index (χ4n) is 3.46. The van der Waals surface area contributed by atoms with Crippen LogP contribution in [-0.2, 0) is 0 Å². The fraction of sp³-hybridized carbons (Fsp3) is 0.120. The van der Waals surface area contributed by atoms with Gasteiger partial charge in [0.05, 0.1) is 17.3 Å². The Morgan fingerprint density at radius 1 is 0.774 bits per heavy atom. The molecule has 0 amide bonds. The molecule has 31 heavy (non-hydrogen) atoms. The monoisotopic (exact) mass is 416 g/mol. The molecule has 0 spiro atoms. The normalized spacial score (nSPS) is 13.0. The van der Waals surface area contributed by atoms with Gasteiger partial charge in [-0.05, 0) is 42.3 Å². The lowest BCUT2D eigenvalue weighted by atomic mass is 9.92. The van der Waals surface area contributed by atoms with Crippen LogP contribution in [0.1, 0.15) is 35.7 Å². The van der Waals surface area contributed by atoms with Crippen molar-refractivity contribution in [3.63, 3.8) is 0 Å². The Morgan fingerprint density at radius 3 is 2.03 bits per heavy atom. The first-order chi connectivity index (χ1) is 15.0. The lowest BCUT2D eigenvalue weighted by molar-refractivity contribution is 0.379. The van der Waals surface area contributed by atoms with E-state index in [0.29, 0.717) is 11.3 Å². The first kappa shape index (κ1) is 20.5. The predicted octanol–water partition coefficient (Wildman–Crippen LogP) is 4.27.